The molecule has 0 saturated carbocycles. The summed E-state index contributed by atoms with van der Waals surface area (Å²) in [6.45, 7) is 1.08. The molecule has 0 spiro atoms. The monoisotopic (exact) mass is 240 g/mol. The fraction of sp³-hybridized carbons (Fsp3) is 0.364. The van der Waals surface area contributed by atoms with Gasteiger partial charge in [0.15, 0.2) is 0 Å². The molecule has 1 aliphatic rings. The van der Waals surface area contributed by atoms with Crippen LogP contribution in [-0.2, 0) is 4.79 Å². The van der Waals surface area contributed by atoms with Gasteiger partial charge in [-0.25, -0.2) is 0 Å². The number of Topliss-reactive ketones (excluding diaryl/α,β-unsaturated/α-hetero) is 1. The molecule has 0 N–H and O–H groups in total. The van der Waals surface area contributed by atoms with E-state index in [-0.39, 0.29) is 24.1 Å². The van der Waals surface area contributed by atoms with Crippen molar-refractivity contribution in [2.24, 2.45) is 0 Å². The summed E-state index contributed by atoms with van der Waals surface area (Å²) in [5, 5.41) is 0. The van der Waals surface area contributed by atoms with Crippen LogP contribution in [0.1, 0.15) is 23.2 Å². The quantitative estimate of drug-likeness (QED) is 0.744. The minimum absolute atomic E-state index is 0. The summed E-state index contributed by atoms with van der Waals surface area (Å²) in [6.07, 6.45) is 4.16. The second-order valence-electron chi connectivity index (χ2n) is 3.57. The van der Waals surface area contributed by atoms with Crippen LogP contribution in [0.15, 0.2) is 24.5 Å². The first-order chi connectivity index (χ1) is 7.27. The Bertz CT molecular complexity index is 371. The molecule has 0 aliphatic carbocycles. The van der Waals surface area contributed by atoms with Gasteiger partial charge < -0.3 is 4.90 Å². The number of hydrogen-bond donors (Lipinski definition) is 0. The number of carbonyl (C=O) groups excluding carboxylic acids is 2. The predicted molar refractivity (Wildman–Crippen MR) is 61.6 cm³/mol. The number of aromatic nitrogens is 1. The molecule has 0 radical (unpaired) electrons. The molecule has 2 heterocycles. The molecule has 0 unspecified atom stereocenters. The molecule has 5 heteroatoms. The second kappa shape index (κ2) is 5.61. The van der Waals surface area contributed by atoms with E-state index in [1.54, 1.807) is 29.4 Å². The Morgan fingerprint density at radius 1 is 1.19 bits per heavy atom. The van der Waals surface area contributed by atoms with Gasteiger partial charge in [0.2, 0.25) is 0 Å². The molecule has 1 saturated heterocycles. The van der Waals surface area contributed by atoms with E-state index < -0.39 is 0 Å². The van der Waals surface area contributed by atoms with Gasteiger partial charge in [-0.05, 0) is 12.1 Å². The number of ketones is 1. The van der Waals surface area contributed by atoms with Crippen LogP contribution in [0.5, 0.6) is 0 Å². The number of rotatable bonds is 1. The first-order valence-corrected chi connectivity index (χ1v) is 4.98. The Balaban J connectivity index is 0.00000128. The van der Waals surface area contributed by atoms with Gasteiger partial charge in [-0.15, -0.1) is 12.4 Å². The minimum Gasteiger partial charge on any atom is -0.338 e. The van der Waals surface area contributed by atoms with Crippen LogP contribution in [0.4, 0.5) is 0 Å². The minimum atomic E-state index is -0.00935. The smallest absolute Gasteiger partial charge is 0.253 e. The molecule has 0 atom stereocenters. The van der Waals surface area contributed by atoms with Crippen molar-refractivity contribution in [3.05, 3.63) is 30.1 Å². The van der Waals surface area contributed by atoms with E-state index in [4.69, 9.17) is 0 Å². The number of likely N-dealkylation sites (tertiary alicyclic amines) is 1. The molecule has 0 bridgehead atoms. The van der Waals surface area contributed by atoms with Gasteiger partial charge >= 0.3 is 0 Å². The van der Waals surface area contributed by atoms with Gasteiger partial charge in [0, 0.05) is 43.9 Å². The van der Waals surface area contributed by atoms with Gasteiger partial charge in [0.25, 0.3) is 5.91 Å². The maximum atomic E-state index is 11.9. The van der Waals surface area contributed by atoms with Crippen molar-refractivity contribution in [2.75, 3.05) is 13.1 Å². The molecule has 2 rings (SSSR count). The van der Waals surface area contributed by atoms with E-state index in [0.717, 1.165) is 0 Å². The van der Waals surface area contributed by atoms with Crippen molar-refractivity contribution in [1.82, 2.24) is 9.88 Å². The molecular weight excluding hydrogens is 228 g/mol. The van der Waals surface area contributed by atoms with Crippen LogP contribution >= 0.6 is 12.4 Å². The first kappa shape index (κ1) is 12.6. The lowest BCUT2D eigenvalue weighted by Gasteiger charge is -2.25. The van der Waals surface area contributed by atoms with Crippen LogP contribution in [0.2, 0.25) is 0 Å². The number of hydrogen-bond acceptors (Lipinski definition) is 3. The number of pyridine rings is 1. The van der Waals surface area contributed by atoms with Gasteiger partial charge in [-0.1, -0.05) is 0 Å². The van der Waals surface area contributed by atoms with E-state index in [1.165, 1.54) is 0 Å². The highest BCUT2D eigenvalue weighted by molar-refractivity contribution is 5.95. The summed E-state index contributed by atoms with van der Waals surface area (Å²) in [6, 6.07) is 3.39. The summed E-state index contributed by atoms with van der Waals surface area (Å²) < 4.78 is 0. The van der Waals surface area contributed by atoms with Gasteiger partial charge in [0.05, 0.1) is 0 Å². The van der Waals surface area contributed by atoms with Gasteiger partial charge in [0.1, 0.15) is 5.78 Å². The molecular formula is C11H13ClN2O2. The zero-order chi connectivity index (χ0) is 10.7. The van der Waals surface area contributed by atoms with Crippen LogP contribution in [-0.4, -0.2) is 34.7 Å². The molecule has 1 aromatic heterocycles. The van der Waals surface area contributed by atoms with E-state index in [9.17, 15) is 9.59 Å². The SMILES string of the molecule is Cl.O=C1CCN(C(=O)c2ccncc2)CC1. The van der Waals surface area contributed by atoms with Crippen molar-refractivity contribution in [2.45, 2.75) is 12.8 Å². The Morgan fingerprint density at radius 3 is 2.31 bits per heavy atom. The highest BCUT2D eigenvalue weighted by atomic mass is 35.5. The Labute approximate surface area is 100 Å². The van der Waals surface area contributed by atoms with Gasteiger partial charge in [-0.2, -0.15) is 0 Å². The average Bonchev–Trinajstić information content (AvgIpc) is 2.30. The second-order valence-corrected chi connectivity index (χ2v) is 3.57. The topological polar surface area (TPSA) is 50.3 Å². The Morgan fingerprint density at radius 2 is 1.75 bits per heavy atom. The van der Waals surface area contributed by atoms with Crippen molar-refractivity contribution in [1.29, 1.82) is 0 Å². The standard InChI is InChI=1S/C11H12N2O2.ClH/c14-10-3-7-13(8-4-10)11(15)9-1-5-12-6-2-9;/h1-2,5-6H,3-4,7-8H2;1H. The lowest BCUT2D eigenvalue weighted by atomic mass is 10.1. The van der Waals surface area contributed by atoms with Crippen LogP contribution < -0.4 is 0 Å². The maximum Gasteiger partial charge on any atom is 0.253 e. The average molecular weight is 241 g/mol. The summed E-state index contributed by atoms with van der Waals surface area (Å²) in [5.74, 6) is 0.235. The fourth-order valence-corrected chi connectivity index (χ4v) is 1.64. The van der Waals surface area contributed by atoms with Crippen molar-refractivity contribution in [3.63, 3.8) is 0 Å². The summed E-state index contributed by atoms with van der Waals surface area (Å²) >= 11 is 0. The van der Waals surface area contributed by atoms with Crippen molar-refractivity contribution in [3.8, 4) is 0 Å². The number of piperidine rings is 1. The molecule has 1 aromatic rings. The summed E-state index contributed by atoms with van der Waals surface area (Å²) in [5.41, 5.74) is 0.638. The van der Waals surface area contributed by atoms with Gasteiger partial charge in [-0.3, -0.25) is 14.6 Å². The van der Waals surface area contributed by atoms with Crippen LogP contribution in [0, 0.1) is 0 Å². The van der Waals surface area contributed by atoms with Crippen molar-refractivity contribution < 1.29 is 9.59 Å². The Hall–Kier alpha value is -1.42. The summed E-state index contributed by atoms with van der Waals surface area (Å²) in [4.78, 5) is 28.5. The Kier molecular flexibility index (Phi) is 4.43. The maximum absolute atomic E-state index is 11.9. The molecule has 1 aliphatic heterocycles. The summed E-state index contributed by atoms with van der Waals surface area (Å²) in [7, 11) is 0. The number of halogens is 1. The van der Waals surface area contributed by atoms with E-state index in [1.807, 2.05) is 0 Å². The third-order valence-electron chi connectivity index (χ3n) is 2.54. The fourth-order valence-electron chi connectivity index (χ4n) is 1.64. The lowest BCUT2D eigenvalue weighted by Crippen LogP contribution is -2.38. The van der Waals surface area contributed by atoms with E-state index in [0.29, 0.717) is 31.5 Å². The third kappa shape index (κ3) is 2.79. The highest BCUT2D eigenvalue weighted by Gasteiger charge is 2.21. The van der Waals surface area contributed by atoms with Crippen LogP contribution in [0.25, 0.3) is 0 Å². The third-order valence-corrected chi connectivity index (χ3v) is 2.54. The lowest BCUT2D eigenvalue weighted by molar-refractivity contribution is -0.120. The zero-order valence-electron chi connectivity index (χ0n) is 8.76. The predicted octanol–water partition coefficient (Wildman–Crippen LogP) is 1.31. The number of amides is 1. The van der Waals surface area contributed by atoms with Crippen molar-refractivity contribution >= 4 is 24.1 Å². The molecule has 4 nitrogen and oxygen atoms in total. The zero-order valence-corrected chi connectivity index (χ0v) is 9.57. The highest BCUT2D eigenvalue weighted by Crippen LogP contribution is 2.10. The number of nitrogens with zero attached hydrogens (tertiary/aromatic N) is 2. The van der Waals surface area contributed by atoms with Crippen LogP contribution in [0.3, 0.4) is 0 Å². The normalized spacial score (nSPS) is 15.5. The number of carbonyl (C=O) groups is 2. The first-order valence-electron chi connectivity index (χ1n) is 4.98. The molecule has 86 valence electrons. The van der Waals surface area contributed by atoms with E-state index >= 15 is 0 Å². The largest absolute Gasteiger partial charge is 0.338 e. The molecule has 16 heavy (non-hydrogen) atoms. The van der Waals surface area contributed by atoms with E-state index in [2.05, 4.69) is 4.98 Å². The molecule has 1 amide bonds. The molecule has 0 aromatic carbocycles. The molecule has 1 fully saturated rings.